The predicted octanol–water partition coefficient (Wildman–Crippen LogP) is 2.46. The fourth-order valence-electron chi connectivity index (χ4n) is 3.24. The molecule has 2 aliphatic rings. The van der Waals surface area contributed by atoms with Gasteiger partial charge in [0, 0.05) is 23.6 Å². The lowest BCUT2D eigenvalue weighted by atomic mass is 9.85. The Labute approximate surface area is 140 Å². The smallest absolute Gasteiger partial charge is 0.224 e. The van der Waals surface area contributed by atoms with Crippen molar-refractivity contribution in [2.24, 2.45) is 5.92 Å². The summed E-state index contributed by atoms with van der Waals surface area (Å²) >= 11 is 0. The molecule has 2 saturated carbocycles. The number of hydrogen-bond acceptors (Lipinski definition) is 2. The highest BCUT2D eigenvalue weighted by molar-refractivity contribution is 5.80. The maximum Gasteiger partial charge on any atom is 0.224 e. The number of hydrogen-bond donors (Lipinski definition) is 2. The summed E-state index contributed by atoms with van der Waals surface area (Å²) in [6, 6.07) is 3.35. The lowest BCUT2D eigenvalue weighted by Gasteiger charge is -2.29. The Hall–Kier alpha value is -1.98. The van der Waals surface area contributed by atoms with Gasteiger partial charge in [-0.1, -0.05) is 6.42 Å². The van der Waals surface area contributed by atoms with E-state index in [1.807, 2.05) is 0 Å². The second kappa shape index (κ2) is 7.28. The molecule has 0 unspecified atom stereocenters. The van der Waals surface area contributed by atoms with Crippen LogP contribution in [0, 0.1) is 17.6 Å². The zero-order valence-electron chi connectivity index (χ0n) is 13.5. The number of halogens is 2. The van der Waals surface area contributed by atoms with Crippen LogP contribution in [0.4, 0.5) is 8.78 Å². The standard InChI is InChI=1S/C18H22F2N2O2/c19-13-4-7-16(20)12(8-13)10-17(23)21-15-3-1-2-11(9-15)18(24)22-14-5-6-14/h4,7-8,11,14-15H,1-3,5-6,9-10H2,(H,21,23)(H,22,24)/t11-,15-/m0/s1. The SMILES string of the molecule is O=C(Cc1cc(F)ccc1F)N[C@H]1CCC[C@H](C(=O)NC2CC2)C1. The van der Waals surface area contributed by atoms with Gasteiger partial charge in [-0.15, -0.1) is 0 Å². The van der Waals surface area contributed by atoms with E-state index in [0.29, 0.717) is 12.5 Å². The third-order valence-electron chi connectivity index (χ3n) is 4.69. The zero-order valence-corrected chi connectivity index (χ0v) is 13.5. The van der Waals surface area contributed by atoms with Crippen molar-refractivity contribution in [1.82, 2.24) is 10.6 Å². The lowest BCUT2D eigenvalue weighted by molar-refractivity contribution is -0.127. The minimum Gasteiger partial charge on any atom is -0.353 e. The first-order chi connectivity index (χ1) is 11.5. The van der Waals surface area contributed by atoms with Gasteiger partial charge >= 0.3 is 0 Å². The molecule has 2 aliphatic carbocycles. The van der Waals surface area contributed by atoms with Gasteiger partial charge < -0.3 is 10.6 Å². The average molecular weight is 336 g/mol. The van der Waals surface area contributed by atoms with Crippen molar-refractivity contribution in [3.8, 4) is 0 Å². The van der Waals surface area contributed by atoms with E-state index in [1.54, 1.807) is 0 Å². The molecule has 3 rings (SSSR count). The Bertz CT molecular complexity index is 631. The van der Waals surface area contributed by atoms with E-state index < -0.39 is 11.6 Å². The molecule has 0 saturated heterocycles. The van der Waals surface area contributed by atoms with E-state index in [4.69, 9.17) is 0 Å². The largest absolute Gasteiger partial charge is 0.353 e. The molecule has 1 aromatic carbocycles. The Morgan fingerprint density at radius 2 is 1.83 bits per heavy atom. The highest BCUT2D eigenvalue weighted by Gasteiger charge is 2.31. The minimum absolute atomic E-state index is 0.0475. The topological polar surface area (TPSA) is 58.2 Å². The van der Waals surface area contributed by atoms with E-state index in [2.05, 4.69) is 10.6 Å². The average Bonchev–Trinajstić information content (AvgIpc) is 3.35. The molecule has 0 heterocycles. The van der Waals surface area contributed by atoms with Gasteiger partial charge in [0.2, 0.25) is 11.8 Å². The first-order valence-corrected chi connectivity index (χ1v) is 8.55. The second-order valence-corrected chi connectivity index (χ2v) is 6.82. The number of nitrogens with one attached hydrogen (secondary N) is 2. The molecule has 0 aliphatic heterocycles. The van der Waals surface area contributed by atoms with Gasteiger partial charge in [0.05, 0.1) is 6.42 Å². The third kappa shape index (κ3) is 4.52. The van der Waals surface area contributed by atoms with Crippen molar-refractivity contribution in [2.45, 2.75) is 57.0 Å². The number of benzene rings is 1. The van der Waals surface area contributed by atoms with Gasteiger partial charge in [-0.2, -0.15) is 0 Å². The molecule has 2 N–H and O–H groups in total. The van der Waals surface area contributed by atoms with Gasteiger partial charge in [0.1, 0.15) is 11.6 Å². The fourth-order valence-corrected chi connectivity index (χ4v) is 3.24. The maximum atomic E-state index is 13.6. The quantitative estimate of drug-likeness (QED) is 0.868. The lowest BCUT2D eigenvalue weighted by Crippen LogP contribution is -2.43. The molecule has 130 valence electrons. The predicted molar refractivity (Wildman–Crippen MR) is 85.1 cm³/mol. The van der Waals surface area contributed by atoms with E-state index in [-0.39, 0.29) is 35.8 Å². The van der Waals surface area contributed by atoms with Crippen LogP contribution in [-0.2, 0) is 16.0 Å². The molecule has 2 fully saturated rings. The van der Waals surface area contributed by atoms with E-state index in [1.165, 1.54) is 0 Å². The fraction of sp³-hybridized carbons (Fsp3) is 0.556. The van der Waals surface area contributed by atoms with Gasteiger partial charge in [-0.3, -0.25) is 9.59 Å². The molecule has 0 aromatic heterocycles. The summed E-state index contributed by atoms with van der Waals surface area (Å²) in [5.74, 6) is -1.48. The van der Waals surface area contributed by atoms with E-state index >= 15 is 0 Å². The first kappa shape index (κ1) is 16.9. The van der Waals surface area contributed by atoms with Crippen LogP contribution in [0.5, 0.6) is 0 Å². The summed E-state index contributed by atoms with van der Waals surface area (Å²) in [4.78, 5) is 24.2. The highest BCUT2D eigenvalue weighted by atomic mass is 19.1. The first-order valence-electron chi connectivity index (χ1n) is 8.55. The zero-order chi connectivity index (χ0) is 17.1. The summed E-state index contributed by atoms with van der Waals surface area (Å²) in [6.45, 7) is 0. The Balaban J connectivity index is 1.51. The summed E-state index contributed by atoms with van der Waals surface area (Å²) < 4.78 is 26.8. The van der Waals surface area contributed by atoms with Crippen molar-refractivity contribution >= 4 is 11.8 Å². The Kier molecular flexibility index (Phi) is 5.11. The van der Waals surface area contributed by atoms with Crippen LogP contribution < -0.4 is 10.6 Å². The molecule has 0 radical (unpaired) electrons. The van der Waals surface area contributed by atoms with Crippen LogP contribution in [0.15, 0.2) is 18.2 Å². The molecule has 4 nitrogen and oxygen atoms in total. The Morgan fingerprint density at radius 1 is 1.04 bits per heavy atom. The van der Waals surface area contributed by atoms with Crippen molar-refractivity contribution in [2.75, 3.05) is 0 Å². The number of carbonyl (C=O) groups excluding carboxylic acids is 2. The van der Waals surface area contributed by atoms with E-state index in [0.717, 1.165) is 50.3 Å². The molecule has 6 heteroatoms. The summed E-state index contributed by atoms with van der Waals surface area (Å²) in [5, 5.41) is 5.87. The van der Waals surface area contributed by atoms with E-state index in [9.17, 15) is 18.4 Å². The molecule has 1 aromatic rings. The van der Waals surface area contributed by atoms with Crippen LogP contribution >= 0.6 is 0 Å². The van der Waals surface area contributed by atoms with Crippen molar-refractivity contribution in [3.05, 3.63) is 35.4 Å². The van der Waals surface area contributed by atoms with Crippen LogP contribution in [0.1, 0.15) is 44.1 Å². The molecule has 2 amide bonds. The third-order valence-corrected chi connectivity index (χ3v) is 4.69. The van der Waals surface area contributed by atoms with Gasteiger partial charge in [0.25, 0.3) is 0 Å². The number of rotatable bonds is 5. The minimum atomic E-state index is -0.586. The number of amides is 2. The van der Waals surface area contributed by atoms with Crippen molar-refractivity contribution in [1.29, 1.82) is 0 Å². The molecular weight excluding hydrogens is 314 g/mol. The van der Waals surface area contributed by atoms with Crippen LogP contribution in [-0.4, -0.2) is 23.9 Å². The normalized spacial score (nSPS) is 23.6. The van der Waals surface area contributed by atoms with Crippen LogP contribution in [0.25, 0.3) is 0 Å². The van der Waals surface area contributed by atoms with Gasteiger partial charge in [0.15, 0.2) is 0 Å². The molecule has 0 spiro atoms. The van der Waals surface area contributed by atoms with Crippen molar-refractivity contribution in [3.63, 3.8) is 0 Å². The number of carbonyl (C=O) groups is 2. The monoisotopic (exact) mass is 336 g/mol. The maximum absolute atomic E-state index is 13.6. The van der Waals surface area contributed by atoms with Gasteiger partial charge in [-0.25, -0.2) is 8.78 Å². The Morgan fingerprint density at radius 3 is 2.58 bits per heavy atom. The molecular formula is C18H22F2N2O2. The summed E-state index contributed by atoms with van der Waals surface area (Å²) in [5.41, 5.74) is 0.0475. The molecule has 2 atom stereocenters. The summed E-state index contributed by atoms with van der Waals surface area (Å²) in [7, 11) is 0. The molecule has 0 bridgehead atoms. The second-order valence-electron chi connectivity index (χ2n) is 6.82. The molecule has 24 heavy (non-hydrogen) atoms. The van der Waals surface area contributed by atoms with Gasteiger partial charge in [-0.05, 0) is 50.3 Å². The van der Waals surface area contributed by atoms with Crippen LogP contribution in [0.3, 0.4) is 0 Å². The summed E-state index contributed by atoms with van der Waals surface area (Å²) in [6.07, 6.45) is 5.04. The van der Waals surface area contributed by atoms with Crippen LogP contribution in [0.2, 0.25) is 0 Å². The highest BCUT2D eigenvalue weighted by Crippen LogP contribution is 2.27. The van der Waals surface area contributed by atoms with Crippen molar-refractivity contribution < 1.29 is 18.4 Å².